The molecule has 0 saturated carbocycles. The number of aromatic nitrogens is 1. The summed E-state index contributed by atoms with van der Waals surface area (Å²) in [6.45, 7) is 6.41. The smallest absolute Gasteiger partial charge is 0.233 e. The predicted octanol–water partition coefficient (Wildman–Crippen LogP) is 5.19. The predicted molar refractivity (Wildman–Crippen MR) is 133 cm³/mol. The summed E-state index contributed by atoms with van der Waals surface area (Å²) in [5.41, 5.74) is 2.55. The number of thiazole rings is 1. The zero-order valence-corrected chi connectivity index (χ0v) is 21.3. The van der Waals surface area contributed by atoms with Crippen molar-refractivity contribution >= 4 is 54.0 Å². The zero-order chi connectivity index (χ0) is 23.8. The first-order valence-corrected chi connectivity index (χ1v) is 13.7. The van der Waals surface area contributed by atoms with Crippen LogP contribution in [0.1, 0.15) is 37.8 Å². The average Bonchev–Trinajstić information content (AvgIpc) is 3.45. The number of benzene rings is 2. The van der Waals surface area contributed by atoms with E-state index in [1.807, 2.05) is 19.1 Å². The van der Waals surface area contributed by atoms with Gasteiger partial charge in [-0.2, -0.15) is 0 Å². The molecule has 1 aliphatic rings. The SMILES string of the molecule is Cc1ccc(Cl)c2sc(N(CC3CCCO3)C(=O)Cc3ccc(S(=O)(=O)C(C)C)cc3)nc12. The van der Waals surface area contributed by atoms with Crippen molar-refractivity contribution in [2.24, 2.45) is 0 Å². The maximum atomic E-state index is 13.4. The minimum absolute atomic E-state index is 0.0314. The number of hydrogen-bond acceptors (Lipinski definition) is 6. The monoisotopic (exact) mass is 506 g/mol. The Morgan fingerprint density at radius 3 is 2.58 bits per heavy atom. The van der Waals surface area contributed by atoms with Crippen molar-refractivity contribution in [3.63, 3.8) is 0 Å². The molecule has 1 fully saturated rings. The zero-order valence-electron chi connectivity index (χ0n) is 18.9. The molecule has 4 rings (SSSR count). The van der Waals surface area contributed by atoms with Gasteiger partial charge in [0.15, 0.2) is 15.0 Å². The Morgan fingerprint density at radius 2 is 1.97 bits per heavy atom. The van der Waals surface area contributed by atoms with Crippen LogP contribution in [0.25, 0.3) is 10.2 Å². The van der Waals surface area contributed by atoms with E-state index in [4.69, 9.17) is 21.3 Å². The first-order chi connectivity index (χ1) is 15.7. The lowest BCUT2D eigenvalue weighted by Crippen LogP contribution is -2.38. The van der Waals surface area contributed by atoms with Crippen molar-refractivity contribution in [3.05, 3.63) is 52.5 Å². The van der Waals surface area contributed by atoms with Gasteiger partial charge in [0.25, 0.3) is 0 Å². The number of carbonyl (C=O) groups is 1. The third-order valence-corrected chi connectivity index (χ3v) is 9.57. The second-order valence-corrected chi connectivity index (χ2v) is 12.5. The molecule has 0 bridgehead atoms. The molecule has 0 aliphatic carbocycles. The molecule has 0 spiro atoms. The van der Waals surface area contributed by atoms with Crippen LogP contribution in [-0.4, -0.2) is 43.8 Å². The van der Waals surface area contributed by atoms with Crippen molar-refractivity contribution in [1.29, 1.82) is 0 Å². The molecule has 33 heavy (non-hydrogen) atoms. The highest BCUT2D eigenvalue weighted by atomic mass is 35.5. The summed E-state index contributed by atoms with van der Waals surface area (Å²) in [7, 11) is -3.35. The van der Waals surface area contributed by atoms with Crippen LogP contribution in [-0.2, 0) is 25.8 Å². The molecule has 1 atom stereocenters. The molecular formula is C24H27ClN2O4S2. The van der Waals surface area contributed by atoms with Gasteiger partial charge in [0.05, 0.1) is 44.5 Å². The van der Waals surface area contributed by atoms with E-state index < -0.39 is 15.1 Å². The van der Waals surface area contributed by atoms with Crippen molar-refractivity contribution in [3.8, 4) is 0 Å². The van der Waals surface area contributed by atoms with Crippen molar-refractivity contribution in [2.75, 3.05) is 18.1 Å². The van der Waals surface area contributed by atoms with Crippen LogP contribution >= 0.6 is 22.9 Å². The molecule has 6 nitrogen and oxygen atoms in total. The Kier molecular flexibility index (Phi) is 7.09. The van der Waals surface area contributed by atoms with Crippen molar-refractivity contribution < 1.29 is 17.9 Å². The van der Waals surface area contributed by atoms with E-state index in [-0.39, 0.29) is 23.3 Å². The summed E-state index contributed by atoms with van der Waals surface area (Å²) in [5, 5.41) is 0.715. The number of ether oxygens (including phenoxy) is 1. The maximum Gasteiger partial charge on any atom is 0.233 e. The normalized spacial score (nSPS) is 16.6. The molecule has 1 saturated heterocycles. The Balaban J connectivity index is 1.62. The van der Waals surface area contributed by atoms with Gasteiger partial charge in [-0.25, -0.2) is 13.4 Å². The lowest BCUT2D eigenvalue weighted by molar-refractivity contribution is -0.118. The average molecular weight is 507 g/mol. The Labute approximate surface area is 203 Å². The number of carbonyl (C=O) groups excluding carboxylic acids is 1. The van der Waals surface area contributed by atoms with Gasteiger partial charge in [-0.3, -0.25) is 9.69 Å². The van der Waals surface area contributed by atoms with Crippen LogP contribution in [0.15, 0.2) is 41.3 Å². The summed E-state index contributed by atoms with van der Waals surface area (Å²) in [6.07, 6.45) is 1.98. The minimum atomic E-state index is -3.35. The summed E-state index contributed by atoms with van der Waals surface area (Å²) >= 11 is 7.80. The van der Waals surface area contributed by atoms with Crippen LogP contribution in [0.2, 0.25) is 5.02 Å². The minimum Gasteiger partial charge on any atom is -0.376 e. The van der Waals surface area contributed by atoms with Crippen molar-refractivity contribution in [2.45, 2.75) is 56.3 Å². The quantitative estimate of drug-likeness (QED) is 0.440. The fraction of sp³-hybridized carbons (Fsp3) is 0.417. The molecule has 3 aromatic rings. The van der Waals surface area contributed by atoms with Crippen LogP contribution < -0.4 is 4.90 Å². The number of amides is 1. The lowest BCUT2D eigenvalue weighted by atomic mass is 10.1. The number of nitrogens with zero attached hydrogens (tertiary/aromatic N) is 2. The fourth-order valence-corrected chi connectivity index (χ4v) is 6.23. The van der Waals surface area contributed by atoms with Crippen LogP contribution in [0, 0.1) is 6.92 Å². The molecule has 9 heteroatoms. The highest BCUT2D eigenvalue weighted by Crippen LogP contribution is 2.36. The maximum absolute atomic E-state index is 13.4. The number of rotatable bonds is 7. The summed E-state index contributed by atoms with van der Waals surface area (Å²) in [6, 6.07) is 10.3. The second-order valence-electron chi connectivity index (χ2n) is 8.59. The molecule has 0 N–H and O–H groups in total. The number of hydrogen-bond donors (Lipinski definition) is 0. The summed E-state index contributed by atoms with van der Waals surface area (Å²) in [5.74, 6) is -0.113. The van der Waals surface area contributed by atoms with E-state index in [0.717, 1.165) is 34.2 Å². The molecule has 0 radical (unpaired) electrons. The lowest BCUT2D eigenvalue weighted by Gasteiger charge is -2.23. The van der Waals surface area contributed by atoms with Gasteiger partial charge in [-0.05, 0) is 62.9 Å². The van der Waals surface area contributed by atoms with Crippen molar-refractivity contribution in [1.82, 2.24) is 4.98 Å². The third kappa shape index (κ3) is 5.09. The highest BCUT2D eigenvalue weighted by molar-refractivity contribution is 7.92. The Morgan fingerprint density at radius 1 is 1.24 bits per heavy atom. The summed E-state index contributed by atoms with van der Waals surface area (Å²) in [4.78, 5) is 20.1. The molecule has 1 aromatic heterocycles. The first-order valence-electron chi connectivity index (χ1n) is 11.0. The van der Waals surface area contributed by atoms with Gasteiger partial charge in [0.2, 0.25) is 5.91 Å². The van der Waals surface area contributed by atoms with E-state index in [0.29, 0.717) is 23.3 Å². The molecule has 1 amide bonds. The van der Waals surface area contributed by atoms with Gasteiger partial charge in [-0.1, -0.05) is 41.1 Å². The Hall–Kier alpha value is -2.00. The fourth-order valence-electron chi connectivity index (χ4n) is 3.82. The number of halogens is 1. The van der Waals surface area contributed by atoms with Gasteiger partial charge in [0.1, 0.15) is 0 Å². The number of aryl methyl sites for hydroxylation is 1. The van der Waals surface area contributed by atoms with E-state index >= 15 is 0 Å². The number of sulfone groups is 1. The first kappa shape index (κ1) is 24.1. The van der Waals surface area contributed by atoms with Crippen LogP contribution in [0.3, 0.4) is 0 Å². The molecule has 2 aromatic carbocycles. The largest absolute Gasteiger partial charge is 0.376 e. The highest BCUT2D eigenvalue weighted by Gasteiger charge is 2.27. The van der Waals surface area contributed by atoms with Gasteiger partial charge < -0.3 is 4.74 Å². The molecule has 1 unspecified atom stereocenters. The van der Waals surface area contributed by atoms with Crippen LogP contribution in [0.5, 0.6) is 0 Å². The van der Waals surface area contributed by atoms with Gasteiger partial charge >= 0.3 is 0 Å². The topological polar surface area (TPSA) is 76.6 Å². The third-order valence-electron chi connectivity index (χ3n) is 5.86. The van der Waals surface area contributed by atoms with E-state index in [1.54, 1.807) is 43.0 Å². The second kappa shape index (κ2) is 9.70. The molecular weight excluding hydrogens is 480 g/mol. The molecule has 2 heterocycles. The number of fused-ring (bicyclic) bond motifs is 1. The number of anilines is 1. The van der Waals surface area contributed by atoms with Gasteiger partial charge in [-0.15, -0.1) is 0 Å². The summed E-state index contributed by atoms with van der Waals surface area (Å²) < 4.78 is 31.4. The Bertz CT molecular complexity index is 1220. The van der Waals surface area contributed by atoms with Gasteiger partial charge in [0, 0.05) is 6.61 Å². The van der Waals surface area contributed by atoms with E-state index in [9.17, 15) is 13.2 Å². The molecule has 1 aliphatic heterocycles. The molecule has 176 valence electrons. The van der Waals surface area contributed by atoms with Crippen LogP contribution in [0.4, 0.5) is 5.13 Å². The van der Waals surface area contributed by atoms with E-state index in [1.165, 1.54) is 11.3 Å². The van der Waals surface area contributed by atoms with E-state index in [2.05, 4.69) is 0 Å². The standard InChI is InChI=1S/C24H27ClN2O4S2/c1-15(2)33(29,30)19-9-7-17(8-10-19)13-21(28)27(14-18-5-4-12-31-18)24-26-22-16(3)6-11-20(25)23(22)32-24/h6-11,15,18H,4-5,12-14H2,1-3H3.